The third-order valence-electron chi connectivity index (χ3n) is 5.08. The summed E-state index contributed by atoms with van der Waals surface area (Å²) in [7, 11) is 1.86. The minimum absolute atomic E-state index is 0. The van der Waals surface area contributed by atoms with Gasteiger partial charge in [-0.25, -0.2) is 0 Å². The lowest BCUT2D eigenvalue weighted by atomic mass is 9.87. The van der Waals surface area contributed by atoms with Crippen molar-refractivity contribution in [3.05, 3.63) is 29.8 Å². The summed E-state index contributed by atoms with van der Waals surface area (Å²) in [5, 5.41) is 3.49. The summed E-state index contributed by atoms with van der Waals surface area (Å²) >= 11 is 0. The molecule has 2 saturated heterocycles. The van der Waals surface area contributed by atoms with Crippen molar-refractivity contribution in [2.45, 2.75) is 19.3 Å². The van der Waals surface area contributed by atoms with Crippen LogP contribution in [0, 0.1) is 17.8 Å². The molecule has 0 aliphatic carbocycles. The van der Waals surface area contributed by atoms with Crippen LogP contribution in [0.5, 0.6) is 5.75 Å². The number of hydrogen-bond donors (Lipinski definition) is 1. The molecule has 1 N–H and O–H groups in total. The quantitative estimate of drug-likeness (QED) is 0.312. The SMILES string of the molecule is C#CCOc1ccc(CCNC(=NC)N2CCC3(CCOC3)C2)cc1.I. The van der Waals surface area contributed by atoms with Crippen LogP contribution in [0.1, 0.15) is 18.4 Å². The molecule has 6 heteroatoms. The summed E-state index contributed by atoms with van der Waals surface area (Å²) in [6.07, 6.45) is 8.52. The molecule has 1 unspecified atom stereocenters. The number of likely N-dealkylation sites (tertiary alicyclic amines) is 1. The fraction of sp³-hybridized carbons (Fsp3) is 0.550. The molecule has 2 fully saturated rings. The Labute approximate surface area is 173 Å². The van der Waals surface area contributed by atoms with Crippen LogP contribution < -0.4 is 10.1 Å². The van der Waals surface area contributed by atoms with Gasteiger partial charge in [-0.15, -0.1) is 30.4 Å². The number of hydrogen-bond acceptors (Lipinski definition) is 3. The Morgan fingerprint density at radius 2 is 2.19 bits per heavy atom. The summed E-state index contributed by atoms with van der Waals surface area (Å²) in [6, 6.07) is 8.09. The molecule has 1 aromatic carbocycles. The van der Waals surface area contributed by atoms with Crippen LogP contribution in [0.3, 0.4) is 0 Å². The second kappa shape index (κ2) is 10.0. The highest BCUT2D eigenvalue weighted by atomic mass is 127. The number of terminal acetylenes is 1. The van der Waals surface area contributed by atoms with E-state index in [2.05, 4.69) is 33.3 Å². The summed E-state index contributed by atoms with van der Waals surface area (Å²) in [6.45, 7) is 5.07. The number of nitrogens with zero attached hydrogens (tertiary/aromatic N) is 2. The van der Waals surface area contributed by atoms with Crippen LogP contribution in [-0.2, 0) is 11.2 Å². The van der Waals surface area contributed by atoms with Crippen LogP contribution in [0.15, 0.2) is 29.3 Å². The molecule has 2 aliphatic heterocycles. The zero-order chi connectivity index (χ0) is 17.5. The number of ether oxygens (including phenoxy) is 2. The third-order valence-corrected chi connectivity index (χ3v) is 5.08. The number of benzene rings is 1. The second-order valence-electron chi connectivity index (χ2n) is 6.83. The molecular weight excluding hydrogens is 441 g/mol. The zero-order valence-corrected chi connectivity index (χ0v) is 17.7. The Hall–Kier alpha value is -1.46. The fourth-order valence-corrected chi connectivity index (χ4v) is 3.62. The number of halogens is 1. The van der Waals surface area contributed by atoms with Gasteiger partial charge in [-0.3, -0.25) is 4.99 Å². The molecule has 0 radical (unpaired) electrons. The normalized spacial score (nSPS) is 22.2. The Balaban J connectivity index is 0.00000243. The van der Waals surface area contributed by atoms with Gasteiger partial charge in [0.15, 0.2) is 5.96 Å². The van der Waals surface area contributed by atoms with Gasteiger partial charge < -0.3 is 19.7 Å². The Kier molecular flexibility index (Phi) is 8.04. The first-order valence-corrected chi connectivity index (χ1v) is 8.93. The number of rotatable bonds is 5. The first-order chi connectivity index (χ1) is 12.2. The summed E-state index contributed by atoms with van der Waals surface area (Å²) in [5.41, 5.74) is 1.62. The highest BCUT2D eigenvalue weighted by Gasteiger charge is 2.42. The molecule has 1 aromatic rings. The standard InChI is InChI=1S/C20H27N3O2.HI/c1-3-13-25-18-6-4-17(5-7-18)8-11-22-19(21-2)23-12-9-20(15-23)10-14-24-16-20;/h1,4-7H,8-16H2,2H3,(H,21,22);1H. The number of guanidine groups is 1. The fourth-order valence-electron chi connectivity index (χ4n) is 3.62. The molecule has 0 amide bonds. The lowest BCUT2D eigenvalue weighted by Crippen LogP contribution is -2.42. The van der Waals surface area contributed by atoms with E-state index in [-0.39, 0.29) is 24.0 Å². The van der Waals surface area contributed by atoms with E-state index in [1.165, 1.54) is 18.4 Å². The van der Waals surface area contributed by atoms with Gasteiger partial charge >= 0.3 is 0 Å². The molecule has 142 valence electrons. The Morgan fingerprint density at radius 3 is 2.85 bits per heavy atom. The molecule has 26 heavy (non-hydrogen) atoms. The van der Waals surface area contributed by atoms with Crippen molar-refractivity contribution in [2.75, 3.05) is 46.5 Å². The van der Waals surface area contributed by atoms with Gasteiger partial charge in [0.25, 0.3) is 0 Å². The molecule has 2 aliphatic rings. The molecule has 5 nitrogen and oxygen atoms in total. The van der Waals surface area contributed by atoms with Crippen LogP contribution >= 0.6 is 24.0 Å². The Bertz CT molecular complexity index is 633. The largest absolute Gasteiger partial charge is 0.481 e. The molecule has 3 rings (SSSR count). The monoisotopic (exact) mass is 469 g/mol. The molecular formula is C20H28IN3O2. The van der Waals surface area contributed by atoms with Crippen molar-refractivity contribution in [1.29, 1.82) is 0 Å². The zero-order valence-electron chi connectivity index (χ0n) is 15.4. The smallest absolute Gasteiger partial charge is 0.193 e. The van der Waals surface area contributed by atoms with Gasteiger partial charge in [-0.1, -0.05) is 18.1 Å². The lowest BCUT2D eigenvalue weighted by Gasteiger charge is -2.25. The maximum absolute atomic E-state index is 5.61. The van der Waals surface area contributed by atoms with Gasteiger partial charge in [0, 0.05) is 38.7 Å². The topological polar surface area (TPSA) is 46.1 Å². The van der Waals surface area contributed by atoms with E-state index in [4.69, 9.17) is 15.9 Å². The third kappa shape index (κ3) is 5.27. The second-order valence-corrected chi connectivity index (χ2v) is 6.83. The van der Waals surface area contributed by atoms with Gasteiger partial charge in [0.2, 0.25) is 0 Å². The minimum atomic E-state index is 0. The van der Waals surface area contributed by atoms with Gasteiger partial charge in [-0.05, 0) is 37.0 Å². The predicted octanol–water partition coefficient (Wildman–Crippen LogP) is 2.55. The summed E-state index contributed by atoms with van der Waals surface area (Å²) in [5.74, 6) is 4.28. The molecule has 0 bridgehead atoms. The van der Waals surface area contributed by atoms with Crippen molar-refractivity contribution < 1.29 is 9.47 Å². The van der Waals surface area contributed by atoms with Crippen LogP contribution in [0.4, 0.5) is 0 Å². The average molecular weight is 469 g/mol. The maximum Gasteiger partial charge on any atom is 0.193 e. The molecule has 0 saturated carbocycles. The summed E-state index contributed by atoms with van der Waals surface area (Å²) < 4.78 is 11.0. The first-order valence-electron chi connectivity index (χ1n) is 8.93. The van der Waals surface area contributed by atoms with Crippen molar-refractivity contribution >= 4 is 29.9 Å². The van der Waals surface area contributed by atoms with Gasteiger partial charge in [-0.2, -0.15) is 0 Å². The van der Waals surface area contributed by atoms with E-state index in [0.717, 1.165) is 51.0 Å². The summed E-state index contributed by atoms with van der Waals surface area (Å²) in [4.78, 5) is 6.82. The van der Waals surface area contributed by atoms with E-state index < -0.39 is 0 Å². The minimum Gasteiger partial charge on any atom is -0.481 e. The first kappa shape index (κ1) is 20.8. The highest BCUT2D eigenvalue weighted by molar-refractivity contribution is 14.0. The molecule has 0 aromatic heterocycles. The van der Waals surface area contributed by atoms with Crippen molar-refractivity contribution in [3.8, 4) is 18.1 Å². The predicted molar refractivity (Wildman–Crippen MR) is 115 cm³/mol. The van der Waals surface area contributed by atoms with Crippen molar-refractivity contribution in [1.82, 2.24) is 10.2 Å². The highest BCUT2D eigenvalue weighted by Crippen LogP contribution is 2.38. The average Bonchev–Trinajstić information content (AvgIpc) is 3.28. The molecule has 1 spiro atoms. The van der Waals surface area contributed by atoms with E-state index in [1.807, 2.05) is 19.2 Å². The lowest BCUT2D eigenvalue weighted by molar-refractivity contribution is 0.156. The van der Waals surface area contributed by atoms with E-state index >= 15 is 0 Å². The Morgan fingerprint density at radius 1 is 1.38 bits per heavy atom. The number of aliphatic imine (C=N–C) groups is 1. The van der Waals surface area contributed by atoms with E-state index in [9.17, 15) is 0 Å². The van der Waals surface area contributed by atoms with E-state index in [1.54, 1.807) is 0 Å². The van der Waals surface area contributed by atoms with Crippen LogP contribution in [0.25, 0.3) is 0 Å². The molecule has 2 heterocycles. The van der Waals surface area contributed by atoms with E-state index in [0.29, 0.717) is 12.0 Å². The van der Waals surface area contributed by atoms with Gasteiger partial charge in [0.1, 0.15) is 12.4 Å². The van der Waals surface area contributed by atoms with Crippen molar-refractivity contribution in [2.24, 2.45) is 10.4 Å². The van der Waals surface area contributed by atoms with Crippen LogP contribution in [-0.4, -0.2) is 57.4 Å². The maximum atomic E-state index is 5.61. The van der Waals surface area contributed by atoms with Gasteiger partial charge in [0.05, 0.1) is 6.61 Å². The van der Waals surface area contributed by atoms with Crippen LogP contribution in [0.2, 0.25) is 0 Å². The van der Waals surface area contributed by atoms with Crippen molar-refractivity contribution in [3.63, 3.8) is 0 Å². The number of nitrogens with one attached hydrogen (secondary N) is 1. The molecule has 1 atom stereocenters.